The van der Waals surface area contributed by atoms with E-state index in [4.69, 9.17) is 10.5 Å². The molecule has 3 nitrogen and oxygen atoms in total. The van der Waals surface area contributed by atoms with E-state index < -0.39 is 17.6 Å². The van der Waals surface area contributed by atoms with Crippen molar-refractivity contribution in [3.8, 4) is 0 Å². The third kappa shape index (κ3) is 3.58. The van der Waals surface area contributed by atoms with Gasteiger partial charge < -0.3 is 10.5 Å². The highest BCUT2D eigenvalue weighted by atomic mass is 79.9. The van der Waals surface area contributed by atoms with Gasteiger partial charge in [-0.25, -0.2) is 13.6 Å². The number of rotatable bonds is 3. The lowest BCUT2D eigenvalue weighted by Crippen LogP contribution is -2.08. The molecule has 2 aromatic rings. The first-order chi connectivity index (χ1) is 9.88. The molecule has 0 saturated heterocycles. The summed E-state index contributed by atoms with van der Waals surface area (Å²) in [7, 11) is 0. The number of benzene rings is 2. The van der Waals surface area contributed by atoms with Crippen LogP contribution in [0.1, 0.15) is 21.5 Å². The first kappa shape index (κ1) is 15.4. The Morgan fingerprint density at radius 3 is 2.67 bits per heavy atom. The summed E-state index contributed by atoms with van der Waals surface area (Å²) in [6.45, 7) is 1.39. The van der Waals surface area contributed by atoms with Crippen molar-refractivity contribution in [2.75, 3.05) is 5.73 Å². The van der Waals surface area contributed by atoms with Gasteiger partial charge in [0.1, 0.15) is 18.2 Å². The van der Waals surface area contributed by atoms with Gasteiger partial charge >= 0.3 is 5.97 Å². The number of hydrogen-bond donors (Lipinski definition) is 1. The van der Waals surface area contributed by atoms with Gasteiger partial charge in [-0.15, -0.1) is 0 Å². The molecule has 0 aromatic heterocycles. The van der Waals surface area contributed by atoms with Crippen LogP contribution in [0.15, 0.2) is 34.8 Å². The lowest BCUT2D eigenvalue weighted by molar-refractivity contribution is 0.0471. The molecule has 0 unspecified atom stereocenters. The molecule has 0 amide bonds. The molecule has 21 heavy (non-hydrogen) atoms. The fourth-order valence-corrected chi connectivity index (χ4v) is 2.06. The summed E-state index contributed by atoms with van der Waals surface area (Å²) in [5.74, 6) is -1.74. The predicted molar refractivity (Wildman–Crippen MR) is 78.8 cm³/mol. The van der Waals surface area contributed by atoms with E-state index in [1.807, 2.05) is 0 Å². The van der Waals surface area contributed by atoms with E-state index in [0.717, 1.165) is 6.07 Å². The van der Waals surface area contributed by atoms with Gasteiger partial charge in [0.15, 0.2) is 0 Å². The Bertz CT molecular complexity index is 681. The van der Waals surface area contributed by atoms with Crippen LogP contribution in [0.3, 0.4) is 0 Å². The molecule has 2 aromatic carbocycles. The Labute approximate surface area is 128 Å². The summed E-state index contributed by atoms with van der Waals surface area (Å²) in [6, 6.07) is 6.46. The summed E-state index contributed by atoms with van der Waals surface area (Å²) in [5.41, 5.74) is 6.55. The van der Waals surface area contributed by atoms with E-state index >= 15 is 0 Å². The number of ether oxygens (including phenoxy) is 1. The van der Waals surface area contributed by atoms with Gasteiger partial charge in [-0.1, -0.05) is 15.9 Å². The number of carbonyl (C=O) groups is 1. The Morgan fingerprint density at radius 1 is 1.29 bits per heavy atom. The lowest BCUT2D eigenvalue weighted by Gasteiger charge is -2.09. The number of esters is 1. The van der Waals surface area contributed by atoms with Crippen LogP contribution in [0.4, 0.5) is 14.5 Å². The Morgan fingerprint density at radius 2 is 2.00 bits per heavy atom. The summed E-state index contributed by atoms with van der Waals surface area (Å²) in [6.07, 6.45) is 0. The number of halogens is 3. The summed E-state index contributed by atoms with van der Waals surface area (Å²) in [4.78, 5) is 11.9. The molecule has 0 bridgehead atoms. The monoisotopic (exact) mass is 355 g/mol. The maximum Gasteiger partial charge on any atom is 0.338 e. The zero-order chi connectivity index (χ0) is 15.6. The molecule has 0 aliphatic heterocycles. The standard InChI is InChI=1S/C15H12BrF2NO2/c1-8-13(18)5-9(6-14(8)19)15(20)21-7-10-4-11(17)2-3-12(10)16/h2-6H,7,19H2,1H3. The molecular formula is C15H12BrF2NO2. The second-order valence-corrected chi connectivity index (χ2v) is 5.34. The van der Waals surface area contributed by atoms with E-state index in [1.165, 1.54) is 31.2 Å². The molecule has 110 valence electrons. The zero-order valence-corrected chi connectivity index (χ0v) is 12.7. The third-order valence-corrected chi connectivity index (χ3v) is 3.76. The van der Waals surface area contributed by atoms with Crippen molar-refractivity contribution in [2.24, 2.45) is 0 Å². The van der Waals surface area contributed by atoms with Crippen molar-refractivity contribution < 1.29 is 18.3 Å². The molecule has 0 saturated carbocycles. The predicted octanol–water partition coefficient (Wildman–Crippen LogP) is 3.97. The zero-order valence-electron chi connectivity index (χ0n) is 11.1. The first-order valence-electron chi connectivity index (χ1n) is 6.05. The highest BCUT2D eigenvalue weighted by Gasteiger charge is 2.13. The molecule has 0 aliphatic rings. The molecule has 0 fully saturated rings. The second kappa shape index (κ2) is 6.22. The SMILES string of the molecule is Cc1c(N)cc(C(=O)OCc2cc(F)ccc2Br)cc1F. The van der Waals surface area contributed by atoms with Crippen molar-refractivity contribution in [1.29, 1.82) is 0 Å². The van der Waals surface area contributed by atoms with Gasteiger partial charge in [-0.2, -0.15) is 0 Å². The molecular weight excluding hydrogens is 344 g/mol. The van der Waals surface area contributed by atoms with E-state index in [0.29, 0.717) is 10.0 Å². The Hall–Kier alpha value is -1.95. The Balaban J connectivity index is 2.13. The van der Waals surface area contributed by atoms with Crippen molar-refractivity contribution in [3.05, 3.63) is 63.1 Å². The van der Waals surface area contributed by atoms with Crippen LogP contribution < -0.4 is 5.73 Å². The van der Waals surface area contributed by atoms with Crippen molar-refractivity contribution in [2.45, 2.75) is 13.5 Å². The lowest BCUT2D eigenvalue weighted by atomic mass is 10.1. The van der Waals surface area contributed by atoms with Crippen LogP contribution in [0, 0.1) is 18.6 Å². The fourth-order valence-electron chi connectivity index (χ4n) is 1.70. The normalized spacial score (nSPS) is 10.5. The van der Waals surface area contributed by atoms with E-state index in [2.05, 4.69) is 15.9 Å². The van der Waals surface area contributed by atoms with Crippen LogP contribution in [-0.2, 0) is 11.3 Å². The van der Waals surface area contributed by atoms with Gasteiger partial charge in [0.05, 0.1) is 5.56 Å². The maximum atomic E-state index is 13.5. The molecule has 2 rings (SSSR count). The minimum Gasteiger partial charge on any atom is -0.457 e. The summed E-state index contributed by atoms with van der Waals surface area (Å²) >= 11 is 3.23. The van der Waals surface area contributed by atoms with Crippen LogP contribution >= 0.6 is 15.9 Å². The number of carbonyl (C=O) groups excluding carboxylic acids is 1. The molecule has 0 spiro atoms. The first-order valence-corrected chi connectivity index (χ1v) is 6.84. The van der Waals surface area contributed by atoms with Gasteiger partial charge in [0, 0.05) is 21.3 Å². The van der Waals surface area contributed by atoms with Gasteiger partial charge in [0.2, 0.25) is 0 Å². The minimum absolute atomic E-state index is 0.0168. The molecule has 6 heteroatoms. The average molecular weight is 356 g/mol. The van der Waals surface area contributed by atoms with Crippen LogP contribution in [0.2, 0.25) is 0 Å². The van der Waals surface area contributed by atoms with Crippen molar-refractivity contribution >= 4 is 27.6 Å². The van der Waals surface area contributed by atoms with E-state index in [1.54, 1.807) is 0 Å². The van der Waals surface area contributed by atoms with Crippen LogP contribution in [0.5, 0.6) is 0 Å². The molecule has 0 atom stereocenters. The minimum atomic E-state index is -0.725. The molecule has 0 aliphatic carbocycles. The second-order valence-electron chi connectivity index (χ2n) is 4.48. The van der Waals surface area contributed by atoms with Gasteiger partial charge in [0.25, 0.3) is 0 Å². The molecule has 2 N–H and O–H groups in total. The third-order valence-electron chi connectivity index (χ3n) is 2.99. The molecule has 0 radical (unpaired) electrons. The highest BCUT2D eigenvalue weighted by Crippen LogP contribution is 2.21. The van der Waals surface area contributed by atoms with E-state index in [-0.39, 0.29) is 23.4 Å². The smallest absolute Gasteiger partial charge is 0.338 e. The van der Waals surface area contributed by atoms with Crippen LogP contribution in [0.25, 0.3) is 0 Å². The quantitative estimate of drug-likeness (QED) is 0.669. The average Bonchev–Trinajstić information content (AvgIpc) is 2.44. The van der Waals surface area contributed by atoms with Gasteiger partial charge in [-0.3, -0.25) is 0 Å². The summed E-state index contributed by atoms with van der Waals surface area (Å²) < 4.78 is 32.3. The van der Waals surface area contributed by atoms with Crippen molar-refractivity contribution in [1.82, 2.24) is 0 Å². The number of nitrogen functional groups attached to an aromatic ring is 1. The van der Waals surface area contributed by atoms with E-state index in [9.17, 15) is 13.6 Å². The maximum absolute atomic E-state index is 13.5. The Kier molecular flexibility index (Phi) is 4.57. The largest absolute Gasteiger partial charge is 0.457 e. The topological polar surface area (TPSA) is 52.3 Å². The molecule has 0 heterocycles. The number of hydrogen-bond acceptors (Lipinski definition) is 3. The number of anilines is 1. The van der Waals surface area contributed by atoms with Crippen LogP contribution in [-0.4, -0.2) is 5.97 Å². The highest BCUT2D eigenvalue weighted by molar-refractivity contribution is 9.10. The van der Waals surface area contributed by atoms with Crippen molar-refractivity contribution in [3.63, 3.8) is 0 Å². The summed E-state index contributed by atoms with van der Waals surface area (Å²) in [5, 5.41) is 0. The van der Waals surface area contributed by atoms with Gasteiger partial charge in [-0.05, 0) is 37.3 Å². The number of nitrogens with two attached hydrogens (primary N) is 1. The fraction of sp³-hybridized carbons (Fsp3) is 0.133.